The summed E-state index contributed by atoms with van der Waals surface area (Å²) in [5.74, 6) is 1.77. The van der Waals surface area contributed by atoms with Gasteiger partial charge in [0.1, 0.15) is 5.75 Å². The first-order valence-electron chi connectivity index (χ1n) is 11.3. The van der Waals surface area contributed by atoms with E-state index in [1.165, 1.54) is 35.7 Å². The first-order chi connectivity index (χ1) is 16.1. The van der Waals surface area contributed by atoms with Crippen LogP contribution in [0.1, 0.15) is 42.5 Å². The van der Waals surface area contributed by atoms with Crippen molar-refractivity contribution in [2.75, 3.05) is 12.9 Å². The number of carbonyl (C=O) groups excluding carboxylic acids is 1. The van der Waals surface area contributed by atoms with E-state index in [-0.39, 0.29) is 17.7 Å². The maximum absolute atomic E-state index is 12.7. The highest BCUT2D eigenvalue weighted by atomic mass is 32.2. The molecule has 1 amide bonds. The lowest BCUT2D eigenvalue weighted by Crippen LogP contribution is -2.28. The van der Waals surface area contributed by atoms with Crippen LogP contribution in [-0.2, 0) is 24.2 Å². The average Bonchev–Trinajstić information content (AvgIpc) is 3.25. The molecule has 0 fully saturated rings. The van der Waals surface area contributed by atoms with Gasteiger partial charge in [0.05, 0.1) is 18.9 Å². The predicted octanol–water partition coefficient (Wildman–Crippen LogP) is 4.99. The Kier molecular flexibility index (Phi) is 7.50. The molecule has 7 heteroatoms. The van der Waals surface area contributed by atoms with Gasteiger partial charge in [0.25, 0.3) is 0 Å². The zero-order valence-corrected chi connectivity index (χ0v) is 20.0. The molecule has 172 valence electrons. The van der Waals surface area contributed by atoms with E-state index in [0.717, 1.165) is 35.5 Å². The monoisotopic (exact) mass is 462 g/mol. The van der Waals surface area contributed by atoms with Crippen molar-refractivity contribution >= 4 is 17.7 Å². The molecular weight excluding hydrogens is 432 g/mol. The van der Waals surface area contributed by atoms with Crippen LogP contribution in [0.5, 0.6) is 5.75 Å². The van der Waals surface area contributed by atoms with Gasteiger partial charge in [-0.2, -0.15) is 0 Å². The number of benzene rings is 2. The molecule has 1 heterocycles. The first-order valence-corrected chi connectivity index (χ1v) is 12.3. The highest BCUT2D eigenvalue weighted by Gasteiger charge is 2.17. The topological polar surface area (TPSA) is 69.0 Å². The van der Waals surface area contributed by atoms with Gasteiger partial charge in [-0.3, -0.25) is 9.36 Å². The first kappa shape index (κ1) is 23.1. The van der Waals surface area contributed by atoms with E-state index in [4.69, 9.17) is 4.74 Å². The minimum absolute atomic E-state index is 0.0237. The Labute approximate surface area is 199 Å². The van der Waals surface area contributed by atoms with Gasteiger partial charge in [-0.05, 0) is 73.6 Å². The number of amides is 1. The van der Waals surface area contributed by atoms with E-state index in [9.17, 15) is 4.79 Å². The van der Waals surface area contributed by atoms with Crippen LogP contribution in [0.15, 0.2) is 60.3 Å². The van der Waals surface area contributed by atoms with Crippen molar-refractivity contribution in [3.8, 4) is 17.1 Å². The Morgan fingerprint density at radius 2 is 1.94 bits per heavy atom. The van der Waals surface area contributed by atoms with Crippen LogP contribution in [0.3, 0.4) is 0 Å². The summed E-state index contributed by atoms with van der Waals surface area (Å²) < 4.78 is 7.21. The number of fused-ring (bicyclic) bond motifs is 1. The number of ether oxygens (including phenoxy) is 1. The van der Waals surface area contributed by atoms with Crippen molar-refractivity contribution in [2.24, 2.45) is 0 Å². The normalized spacial score (nSPS) is 13.8. The zero-order chi connectivity index (χ0) is 23.2. The van der Waals surface area contributed by atoms with E-state index < -0.39 is 0 Å². The van der Waals surface area contributed by atoms with Crippen LogP contribution in [0, 0.1) is 0 Å². The van der Waals surface area contributed by atoms with Crippen molar-refractivity contribution in [3.63, 3.8) is 0 Å². The van der Waals surface area contributed by atoms with E-state index >= 15 is 0 Å². The van der Waals surface area contributed by atoms with Crippen LogP contribution < -0.4 is 10.1 Å². The van der Waals surface area contributed by atoms with Crippen molar-refractivity contribution in [3.05, 3.63) is 71.8 Å². The SMILES string of the molecule is C=CCn1c(SCC(=O)N[C@H](C)c2ccc3c(c2)CCCC3)nnc1-c1ccc(OC)cc1. The lowest BCUT2D eigenvalue weighted by atomic mass is 9.89. The zero-order valence-electron chi connectivity index (χ0n) is 19.2. The molecule has 0 aliphatic heterocycles. The Balaban J connectivity index is 1.40. The summed E-state index contributed by atoms with van der Waals surface area (Å²) in [6.07, 6.45) is 6.62. The van der Waals surface area contributed by atoms with Crippen LogP contribution >= 0.6 is 11.8 Å². The molecule has 0 radical (unpaired) electrons. The minimum Gasteiger partial charge on any atom is -0.497 e. The maximum Gasteiger partial charge on any atom is 0.230 e. The molecule has 0 saturated heterocycles. The predicted molar refractivity (Wildman–Crippen MR) is 133 cm³/mol. The Morgan fingerprint density at radius 1 is 1.18 bits per heavy atom. The number of thioether (sulfide) groups is 1. The summed E-state index contributed by atoms with van der Waals surface area (Å²) in [6.45, 7) is 6.45. The van der Waals surface area contributed by atoms with Crippen LogP contribution in [0.2, 0.25) is 0 Å². The highest BCUT2D eigenvalue weighted by molar-refractivity contribution is 7.99. The van der Waals surface area contributed by atoms with Gasteiger partial charge in [0.15, 0.2) is 11.0 Å². The lowest BCUT2D eigenvalue weighted by Gasteiger charge is -2.20. The van der Waals surface area contributed by atoms with Gasteiger partial charge in [0, 0.05) is 12.1 Å². The molecule has 0 spiro atoms. The highest BCUT2D eigenvalue weighted by Crippen LogP contribution is 2.27. The molecule has 0 saturated carbocycles. The standard InChI is InChI=1S/C26H30N4O2S/c1-4-15-30-25(20-11-13-23(32-3)14-12-20)28-29-26(30)33-17-24(31)27-18(2)21-10-9-19-7-5-6-8-22(19)16-21/h4,9-14,16,18H,1,5-8,15,17H2,2-3H3,(H,27,31)/t18-/m1/s1. The number of rotatable bonds is 9. The molecule has 0 unspecified atom stereocenters. The number of nitrogens with zero attached hydrogens (tertiary/aromatic N) is 3. The molecule has 3 aromatic rings. The maximum atomic E-state index is 12.7. The van der Waals surface area contributed by atoms with Crippen LogP contribution in [0.4, 0.5) is 0 Å². The number of methoxy groups -OCH3 is 1. The number of hydrogen-bond donors (Lipinski definition) is 1. The number of aryl methyl sites for hydroxylation is 2. The van der Waals surface area contributed by atoms with Gasteiger partial charge in [-0.15, -0.1) is 16.8 Å². The van der Waals surface area contributed by atoms with Gasteiger partial charge in [0.2, 0.25) is 5.91 Å². The number of aromatic nitrogens is 3. The summed E-state index contributed by atoms with van der Waals surface area (Å²) in [5.41, 5.74) is 4.97. The van der Waals surface area contributed by atoms with E-state index in [2.05, 4.69) is 40.3 Å². The fourth-order valence-corrected chi connectivity index (χ4v) is 4.92. The number of hydrogen-bond acceptors (Lipinski definition) is 5. The largest absolute Gasteiger partial charge is 0.497 e. The number of carbonyl (C=O) groups is 1. The third kappa shape index (κ3) is 5.47. The Hall–Kier alpha value is -3.06. The molecule has 4 rings (SSSR count). The van der Waals surface area contributed by atoms with Crippen LogP contribution in [0.25, 0.3) is 11.4 Å². The second kappa shape index (κ2) is 10.7. The molecule has 0 bridgehead atoms. The summed E-state index contributed by atoms with van der Waals surface area (Å²) in [7, 11) is 1.64. The smallest absolute Gasteiger partial charge is 0.230 e. The summed E-state index contributed by atoms with van der Waals surface area (Å²) in [4.78, 5) is 12.7. The van der Waals surface area contributed by atoms with Crippen LogP contribution in [-0.4, -0.2) is 33.5 Å². The quantitative estimate of drug-likeness (QED) is 0.358. The van der Waals surface area contributed by atoms with Gasteiger partial charge >= 0.3 is 0 Å². The molecule has 1 atom stereocenters. The number of allylic oxidation sites excluding steroid dienone is 1. The second-order valence-electron chi connectivity index (χ2n) is 8.25. The molecular formula is C26H30N4O2S. The minimum atomic E-state index is -0.0359. The molecule has 1 aliphatic carbocycles. The third-order valence-corrected chi connectivity index (χ3v) is 6.93. The second-order valence-corrected chi connectivity index (χ2v) is 9.19. The van der Waals surface area contributed by atoms with Gasteiger partial charge in [-0.25, -0.2) is 0 Å². The fourth-order valence-electron chi connectivity index (χ4n) is 4.16. The van der Waals surface area contributed by atoms with Gasteiger partial charge < -0.3 is 10.1 Å². The molecule has 1 aromatic heterocycles. The van der Waals surface area contributed by atoms with Crippen molar-refractivity contribution in [1.82, 2.24) is 20.1 Å². The molecule has 6 nitrogen and oxygen atoms in total. The Bertz CT molecular complexity index is 1120. The lowest BCUT2D eigenvalue weighted by molar-refractivity contribution is -0.119. The van der Waals surface area contributed by atoms with E-state index in [0.29, 0.717) is 11.7 Å². The fraction of sp³-hybridized carbons (Fsp3) is 0.346. The summed E-state index contributed by atoms with van der Waals surface area (Å²) in [6, 6.07) is 14.3. The molecule has 2 aromatic carbocycles. The molecule has 1 N–H and O–H groups in total. The Morgan fingerprint density at radius 3 is 2.67 bits per heavy atom. The average molecular weight is 463 g/mol. The third-order valence-electron chi connectivity index (χ3n) is 5.96. The van der Waals surface area contributed by atoms with Crippen molar-refractivity contribution in [1.29, 1.82) is 0 Å². The van der Waals surface area contributed by atoms with Crippen molar-refractivity contribution < 1.29 is 9.53 Å². The van der Waals surface area contributed by atoms with E-state index in [1.54, 1.807) is 13.2 Å². The number of nitrogens with one attached hydrogen (secondary N) is 1. The molecule has 1 aliphatic rings. The van der Waals surface area contributed by atoms with Gasteiger partial charge in [-0.1, -0.05) is 36.0 Å². The summed E-state index contributed by atoms with van der Waals surface area (Å²) in [5, 5.41) is 12.5. The summed E-state index contributed by atoms with van der Waals surface area (Å²) >= 11 is 1.38. The van der Waals surface area contributed by atoms with Crippen molar-refractivity contribution in [2.45, 2.75) is 50.4 Å². The van der Waals surface area contributed by atoms with E-state index in [1.807, 2.05) is 35.8 Å². The molecule has 33 heavy (non-hydrogen) atoms.